The lowest BCUT2D eigenvalue weighted by Crippen LogP contribution is -1.99. The molecule has 3 rings (SSSR count). The summed E-state index contributed by atoms with van der Waals surface area (Å²) in [6.45, 7) is 0.474. The Balaban J connectivity index is 1.63. The number of anilines is 1. The number of nitrogens with zero attached hydrogens (tertiary/aromatic N) is 3. The average molecular weight is 553 g/mol. The molecule has 0 aliphatic heterocycles. The second kappa shape index (κ2) is 9.60. The molecule has 28 heavy (non-hydrogen) atoms. The number of hydrogen-bond donors (Lipinski definition) is 1. The first-order valence-corrected chi connectivity index (χ1v) is 9.95. The van der Waals surface area contributed by atoms with Crippen LogP contribution in [0.15, 0.2) is 70.4 Å². The van der Waals surface area contributed by atoms with Crippen molar-refractivity contribution < 1.29 is 9.66 Å². The lowest BCUT2D eigenvalue weighted by Gasteiger charge is -2.09. The highest BCUT2D eigenvalue weighted by Crippen LogP contribution is 2.23. The number of halogens is 2. The molecule has 0 spiro atoms. The first-order valence-electron chi connectivity index (χ1n) is 8.08. The second-order valence-corrected chi connectivity index (χ2v) is 7.68. The van der Waals surface area contributed by atoms with Gasteiger partial charge in [-0.3, -0.25) is 15.5 Å². The van der Waals surface area contributed by atoms with Gasteiger partial charge in [-0.2, -0.15) is 5.10 Å². The van der Waals surface area contributed by atoms with Gasteiger partial charge in [-0.25, -0.2) is 4.98 Å². The van der Waals surface area contributed by atoms with Gasteiger partial charge in [0.25, 0.3) is 0 Å². The van der Waals surface area contributed by atoms with Crippen molar-refractivity contribution >= 4 is 56.2 Å². The fraction of sp³-hybridized carbons (Fsp3) is 0.0526. The van der Waals surface area contributed by atoms with Gasteiger partial charge in [-0.1, -0.05) is 28.1 Å². The molecule has 3 aromatic rings. The maximum Gasteiger partial charge on any atom is 0.313 e. The van der Waals surface area contributed by atoms with Crippen LogP contribution in [-0.4, -0.2) is 16.1 Å². The van der Waals surface area contributed by atoms with Crippen LogP contribution in [0.4, 0.5) is 11.5 Å². The fourth-order valence-electron chi connectivity index (χ4n) is 2.25. The molecule has 1 aromatic heterocycles. The topological polar surface area (TPSA) is 89.7 Å². The Labute approximate surface area is 183 Å². The van der Waals surface area contributed by atoms with Crippen molar-refractivity contribution in [1.29, 1.82) is 0 Å². The zero-order chi connectivity index (χ0) is 19.9. The van der Waals surface area contributed by atoms with Gasteiger partial charge in [0.1, 0.15) is 12.4 Å². The first kappa shape index (κ1) is 20.2. The van der Waals surface area contributed by atoms with Crippen LogP contribution in [0.25, 0.3) is 0 Å². The minimum atomic E-state index is -0.509. The van der Waals surface area contributed by atoms with Crippen LogP contribution in [0.3, 0.4) is 0 Å². The summed E-state index contributed by atoms with van der Waals surface area (Å²) >= 11 is 5.61. The lowest BCUT2D eigenvalue weighted by atomic mass is 10.2. The number of aromatic nitrogens is 1. The highest BCUT2D eigenvalue weighted by Gasteiger charge is 2.12. The van der Waals surface area contributed by atoms with E-state index in [1.54, 1.807) is 6.21 Å². The monoisotopic (exact) mass is 552 g/mol. The zero-order valence-electron chi connectivity index (χ0n) is 14.4. The third kappa shape index (κ3) is 5.49. The number of rotatable bonds is 7. The first-order chi connectivity index (χ1) is 13.5. The summed E-state index contributed by atoms with van der Waals surface area (Å²) in [5.74, 6) is 0.863. The largest absolute Gasteiger partial charge is 0.488 e. The van der Waals surface area contributed by atoms with Gasteiger partial charge in [0, 0.05) is 16.7 Å². The molecule has 9 heteroatoms. The SMILES string of the molecule is O=[N+]([O-])c1cccnc1N/N=C\c1ccc(OCc2ccc(Br)cc2)c(I)c1. The Morgan fingerprint density at radius 2 is 2.04 bits per heavy atom. The normalized spacial score (nSPS) is 10.8. The fourth-order valence-corrected chi connectivity index (χ4v) is 3.21. The third-order valence-corrected chi connectivity index (χ3v) is 5.00. The van der Waals surface area contributed by atoms with Gasteiger partial charge in [0.2, 0.25) is 5.82 Å². The average Bonchev–Trinajstić information content (AvgIpc) is 2.69. The minimum absolute atomic E-state index is 0.0906. The zero-order valence-corrected chi connectivity index (χ0v) is 18.1. The van der Waals surface area contributed by atoms with Crippen LogP contribution in [-0.2, 0) is 6.61 Å². The predicted octanol–water partition coefficient (Wildman–Crippen LogP) is 5.38. The Morgan fingerprint density at radius 1 is 1.25 bits per heavy atom. The molecule has 0 aliphatic carbocycles. The van der Waals surface area contributed by atoms with Crippen LogP contribution in [0.5, 0.6) is 5.75 Å². The van der Waals surface area contributed by atoms with Crippen molar-refractivity contribution in [2.75, 3.05) is 5.43 Å². The van der Waals surface area contributed by atoms with E-state index in [1.165, 1.54) is 18.3 Å². The summed E-state index contributed by atoms with van der Waals surface area (Å²) in [6, 6.07) is 16.5. The molecular weight excluding hydrogens is 539 g/mol. The highest BCUT2D eigenvalue weighted by molar-refractivity contribution is 14.1. The summed E-state index contributed by atoms with van der Waals surface area (Å²) in [5.41, 5.74) is 4.37. The molecule has 1 heterocycles. The van der Waals surface area contributed by atoms with Crippen molar-refractivity contribution in [3.63, 3.8) is 0 Å². The van der Waals surface area contributed by atoms with Crippen LogP contribution < -0.4 is 10.2 Å². The van der Waals surface area contributed by atoms with E-state index < -0.39 is 4.92 Å². The molecule has 1 N–H and O–H groups in total. The van der Waals surface area contributed by atoms with Gasteiger partial charge in [0.15, 0.2) is 0 Å². The van der Waals surface area contributed by atoms with Crippen molar-refractivity contribution in [3.05, 3.63) is 90.1 Å². The molecule has 0 amide bonds. The third-order valence-electron chi connectivity index (χ3n) is 3.63. The summed E-state index contributed by atoms with van der Waals surface area (Å²) in [4.78, 5) is 14.4. The molecule has 7 nitrogen and oxygen atoms in total. The van der Waals surface area contributed by atoms with E-state index in [2.05, 4.69) is 54.0 Å². The second-order valence-electron chi connectivity index (χ2n) is 5.60. The van der Waals surface area contributed by atoms with E-state index in [9.17, 15) is 10.1 Å². The molecule has 0 aliphatic rings. The van der Waals surface area contributed by atoms with Crippen molar-refractivity contribution in [3.8, 4) is 5.75 Å². The quantitative estimate of drug-likeness (QED) is 0.184. The molecule has 0 unspecified atom stereocenters. The van der Waals surface area contributed by atoms with Crippen LogP contribution in [0.2, 0.25) is 0 Å². The molecule has 2 aromatic carbocycles. The van der Waals surface area contributed by atoms with Gasteiger partial charge in [-0.15, -0.1) is 0 Å². The van der Waals surface area contributed by atoms with Gasteiger partial charge >= 0.3 is 5.69 Å². The molecular formula is C19H14BrIN4O3. The Morgan fingerprint density at radius 3 is 2.75 bits per heavy atom. The van der Waals surface area contributed by atoms with Gasteiger partial charge in [-0.05, 0) is 70.1 Å². The Hall–Kier alpha value is -2.53. The number of benzene rings is 2. The van der Waals surface area contributed by atoms with E-state index in [4.69, 9.17) is 4.74 Å². The standard InChI is InChI=1S/C19H14BrIN4O3/c20-15-6-3-13(4-7-15)12-28-18-8-5-14(10-16(18)21)11-23-24-19-17(25(26)27)2-1-9-22-19/h1-11H,12H2,(H,22,24)/b23-11-. The smallest absolute Gasteiger partial charge is 0.313 e. The Bertz CT molecular complexity index is 1010. The molecule has 142 valence electrons. The van der Waals surface area contributed by atoms with E-state index in [0.29, 0.717) is 6.61 Å². The maximum atomic E-state index is 11.0. The molecule has 0 fully saturated rings. The van der Waals surface area contributed by atoms with Crippen LogP contribution in [0, 0.1) is 13.7 Å². The van der Waals surface area contributed by atoms with Crippen LogP contribution >= 0.6 is 38.5 Å². The van der Waals surface area contributed by atoms with Crippen molar-refractivity contribution in [2.24, 2.45) is 5.10 Å². The van der Waals surface area contributed by atoms with E-state index in [-0.39, 0.29) is 11.5 Å². The van der Waals surface area contributed by atoms with Crippen molar-refractivity contribution in [2.45, 2.75) is 6.61 Å². The maximum absolute atomic E-state index is 11.0. The predicted molar refractivity (Wildman–Crippen MR) is 120 cm³/mol. The van der Waals surface area contributed by atoms with E-state index >= 15 is 0 Å². The molecule has 0 radical (unpaired) electrons. The summed E-state index contributed by atoms with van der Waals surface area (Å²) in [5, 5.41) is 15.0. The highest BCUT2D eigenvalue weighted by atomic mass is 127. The number of hydrazone groups is 1. The number of nitro groups is 1. The molecule has 0 saturated carbocycles. The minimum Gasteiger partial charge on any atom is -0.488 e. The summed E-state index contributed by atoms with van der Waals surface area (Å²) in [7, 11) is 0. The summed E-state index contributed by atoms with van der Waals surface area (Å²) in [6.07, 6.45) is 3.03. The molecule has 0 atom stereocenters. The van der Waals surface area contributed by atoms with Gasteiger partial charge in [0.05, 0.1) is 14.7 Å². The number of nitrogens with one attached hydrogen (secondary N) is 1. The Kier molecular flexibility index (Phi) is 6.93. The number of pyridine rings is 1. The summed E-state index contributed by atoms with van der Waals surface area (Å²) < 4.78 is 7.83. The van der Waals surface area contributed by atoms with Crippen molar-refractivity contribution in [1.82, 2.24) is 4.98 Å². The number of ether oxygens (including phenoxy) is 1. The van der Waals surface area contributed by atoms with E-state index in [1.807, 2.05) is 42.5 Å². The van der Waals surface area contributed by atoms with E-state index in [0.717, 1.165) is 24.9 Å². The lowest BCUT2D eigenvalue weighted by molar-refractivity contribution is -0.384. The van der Waals surface area contributed by atoms with Gasteiger partial charge < -0.3 is 4.74 Å². The number of hydrogen-bond acceptors (Lipinski definition) is 6. The van der Waals surface area contributed by atoms with Crippen LogP contribution in [0.1, 0.15) is 11.1 Å². The molecule has 0 bridgehead atoms. The molecule has 0 saturated heterocycles.